The van der Waals surface area contributed by atoms with Crippen molar-refractivity contribution in [2.75, 3.05) is 29.0 Å². The van der Waals surface area contributed by atoms with Gasteiger partial charge >= 0.3 is 0 Å². The van der Waals surface area contributed by atoms with Crippen LogP contribution in [0.25, 0.3) is 0 Å². The van der Waals surface area contributed by atoms with E-state index in [2.05, 4.69) is 17.1 Å². The summed E-state index contributed by atoms with van der Waals surface area (Å²) >= 11 is 0. The number of nitrogens with zero attached hydrogens (tertiary/aromatic N) is 1. The lowest BCUT2D eigenvalue weighted by atomic mass is 9.98. The molecule has 0 saturated carbocycles. The van der Waals surface area contributed by atoms with Crippen LogP contribution in [0.4, 0.5) is 17.1 Å². The molecule has 2 aromatic rings. The minimum atomic E-state index is -0.178. The van der Waals surface area contributed by atoms with E-state index < -0.39 is 0 Å². The average molecular weight is 367 g/mol. The summed E-state index contributed by atoms with van der Waals surface area (Å²) in [6.07, 6.45) is 2.44. The Morgan fingerprint density at radius 1 is 1.19 bits per heavy atom. The highest BCUT2D eigenvalue weighted by molar-refractivity contribution is 6.04. The number of carbonyl (C=O) groups excluding carboxylic acids is 1. The zero-order chi connectivity index (χ0) is 19.4. The number of hydrogen-bond acceptors (Lipinski definition) is 4. The van der Waals surface area contributed by atoms with Gasteiger partial charge in [0.15, 0.2) is 0 Å². The summed E-state index contributed by atoms with van der Waals surface area (Å²) in [6.45, 7) is 8.26. The second-order valence-electron chi connectivity index (χ2n) is 7.59. The van der Waals surface area contributed by atoms with E-state index in [0.29, 0.717) is 22.7 Å². The van der Waals surface area contributed by atoms with Gasteiger partial charge in [0, 0.05) is 24.3 Å². The summed E-state index contributed by atoms with van der Waals surface area (Å²) in [5, 5.41) is 2.92. The Balaban J connectivity index is 1.69. The number of carbonyl (C=O) groups is 1. The molecule has 5 nitrogen and oxygen atoms in total. The molecule has 2 aromatic carbocycles. The molecule has 0 unspecified atom stereocenters. The topological polar surface area (TPSA) is 67.6 Å². The minimum absolute atomic E-state index is 0.0634. The first-order valence-electron chi connectivity index (χ1n) is 9.65. The van der Waals surface area contributed by atoms with E-state index in [1.807, 2.05) is 44.2 Å². The van der Waals surface area contributed by atoms with Crippen LogP contribution in [-0.4, -0.2) is 25.1 Å². The summed E-state index contributed by atoms with van der Waals surface area (Å²) in [4.78, 5) is 14.9. The molecule has 0 bridgehead atoms. The molecule has 3 rings (SSSR count). The van der Waals surface area contributed by atoms with E-state index in [1.54, 1.807) is 12.1 Å². The lowest BCUT2D eigenvalue weighted by Gasteiger charge is -2.33. The number of amides is 1. The number of rotatable bonds is 5. The third-order valence-corrected chi connectivity index (χ3v) is 4.88. The minimum Gasteiger partial charge on any atom is -0.491 e. The largest absolute Gasteiger partial charge is 0.491 e. The maximum atomic E-state index is 12.6. The number of hydrogen-bond donors (Lipinski definition) is 2. The van der Waals surface area contributed by atoms with Gasteiger partial charge in [-0.1, -0.05) is 13.0 Å². The zero-order valence-corrected chi connectivity index (χ0v) is 16.4. The highest BCUT2D eigenvalue weighted by Crippen LogP contribution is 2.30. The van der Waals surface area contributed by atoms with Crippen LogP contribution in [0.1, 0.15) is 44.0 Å². The van der Waals surface area contributed by atoms with Crippen molar-refractivity contribution < 1.29 is 9.53 Å². The quantitative estimate of drug-likeness (QED) is 0.761. The smallest absolute Gasteiger partial charge is 0.255 e. The van der Waals surface area contributed by atoms with Gasteiger partial charge in [0.25, 0.3) is 5.91 Å². The number of nitrogens with two attached hydrogens (primary N) is 1. The molecule has 5 heteroatoms. The lowest BCUT2D eigenvalue weighted by molar-refractivity contribution is 0.102. The van der Waals surface area contributed by atoms with Gasteiger partial charge in [-0.05, 0) is 69.0 Å². The molecule has 0 aromatic heterocycles. The summed E-state index contributed by atoms with van der Waals surface area (Å²) < 4.78 is 5.66. The number of piperidine rings is 1. The molecular weight excluding hydrogens is 338 g/mol. The van der Waals surface area contributed by atoms with Crippen molar-refractivity contribution in [3.63, 3.8) is 0 Å². The second-order valence-corrected chi connectivity index (χ2v) is 7.59. The first-order valence-corrected chi connectivity index (χ1v) is 9.65. The van der Waals surface area contributed by atoms with E-state index in [0.717, 1.165) is 24.7 Å². The standard InChI is InChI=1S/C22H29N3O2/c1-15(2)27-19-6-4-5-17(13-19)22(26)24-18-7-8-21(20(23)14-18)25-11-9-16(3)10-12-25/h4-8,13-16H,9-12,23H2,1-3H3,(H,24,26). The van der Waals surface area contributed by atoms with E-state index in [9.17, 15) is 4.79 Å². The van der Waals surface area contributed by atoms with Crippen molar-refractivity contribution in [1.29, 1.82) is 0 Å². The number of nitrogen functional groups attached to an aromatic ring is 1. The van der Waals surface area contributed by atoms with Gasteiger partial charge in [-0.3, -0.25) is 4.79 Å². The van der Waals surface area contributed by atoms with Crippen LogP contribution in [0.5, 0.6) is 5.75 Å². The molecule has 0 spiro atoms. The van der Waals surface area contributed by atoms with Gasteiger partial charge in [-0.15, -0.1) is 0 Å². The van der Waals surface area contributed by atoms with Gasteiger partial charge in [-0.25, -0.2) is 0 Å². The van der Waals surface area contributed by atoms with Crippen molar-refractivity contribution in [1.82, 2.24) is 0 Å². The molecule has 1 fully saturated rings. The monoisotopic (exact) mass is 367 g/mol. The molecule has 1 saturated heterocycles. The Labute approximate surface area is 161 Å². The summed E-state index contributed by atoms with van der Waals surface area (Å²) in [5.41, 5.74) is 9.26. The van der Waals surface area contributed by atoms with Crippen molar-refractivity contribution in [3.8, 4) is 5.75 Å². The van der Waals surface area contributed by atoms with Gasteiger partial charge in [-0.2, -0.15) is 0 Å². The molecule has 1 heterocycles. The Morgan fingerprint density at radius 3 is 2.59 bits per heavy atom. The number of ether oxygens (including phenoxy) is 1. The SMILES string of the molecule is CC1CCN(c2ccc(NC(=O)c3cccc(OC(C)C)c3)cc2N)CC1. The number of benzene rings is 2. The predicted octanol–water partition coefficient (Wildman–Crippen LogP) is 4.54. The van der Waals surface area contributed by atoms with Gasteiger partial charge < -0.3 is 20.7 Å². The van der Waals surface area contributed by atoms with Crippen molar-refractivity contribution in [2.24, 2.45) is 5.92 Å². The molecular formula is C22H29N3O2. The molecule has 1 amide bonds. The molecule has 1 aliphatic rings. The average Bonchev–Trinajstić information content (AvgIpc) is 2.62. The fraction of sp³-hybridized carbons (Fsp3) is 0.409. The third-order valence-electron chi connectivity index (χ3n) is 4.88. The predicted molar refractivity (Wildman–Crippen MR) is 112 cm³/mol. The van der Waals surface area contributed by atoms with E-state index >= 15 is 0 Å². The van der Waals surface area contributed by atoms with E-state index in [4.69, 9.17) is 10.5 Å². The first-order chi connectivity index (χ1) is 12.9. The maximum absolute atomic E-state index is 12.6. The Kier molecular flexibility index (Phi) is 5.89. The summed E-state index contributed by atoms with van der Waals surface area (Å²) in [7, 11) is 0. The van der Waals surface area contributed by atoms with Crippen LogP contribution >= 0.6 is 0 Å². The second kappa shape index (κ2) is 8.33. The fourth-order valence-electron chi connectivity index (χ4n) is 3.36. The van der Waals surface area contributed by atoms with Crippen LogP contribution in [0.15, 0.2) is 42.5 Å². The van der Waals surface area contributed by atoms with Crippen molar-refractivity contribution in [2.45, 2.75) is 39.7 Å². The zero-order valence-electron chi connectivity index (χ0n) is 16.4. The fourth-order valence-corrected chi connectivity index (χ4v) is 3.36. The van der Waals surface area contributed by atoms with E-state index in [1.165, 1.54) is 12.8 Å². The maximum Gasteiger partial charge on any atom is 0.255 e. The summed E-state index contributed by atoms with van der Waals surface area (Å²) in [6, 6.07) is 12.9. The van der Waals surface area contributed by atoms with Crippen molar-refractivity contribution in [3.05, 3.63) is 48.0 Å². The molecule has 3 N–H and O–H groups in total. The molecule has 1 aliphatic heterocycles. The number of nitrogens with one attached hydrogen (secondary N) is 1. The van der Waals surface area contributed by atoms with Gasteiger partial charge in [0.05, 0.1) is 17.5 Å². The van der Waals surface area contributed by atoms with Gasteiger partial charge in [0.1, 0.15) is 5.75 Å². The van der Waals surface area contributed by atoms with E-state index in [-0.39, 0.29) is 12.0 Å². The molecule has 27 heavy (non-hydrogen) atoms. The first kappa shape index (κ1) is 19.1. The molecule has 0 atom stereocenters. The van der Waals surface area contributed by atoms with Crippen LogP contribution in [0, 0.1) is 5.92 Å². The van der Waals surface area contributed by atoms with Crippen LogP contribution in [0.3, 0.4) is 0 Å². The van der Waals surface area contributed by atoms with Crippen LogP contribution < -0.4 is 20.7 Å². The Morgan fingerprint density at radius 2 is 1.93 bits per heavy atom. The number of anilines is 3. The highest BCUT2D eigenvalue weighted by atomic mass is 16.5. The third kappa shape index (κ3) is 4.94. The van der Waals surface area contributed by atoms with Crippen LogP contribution in [0.2, 0.25) is 0 Å². The van der Waals surface area contributed by atoms with Crippen LogP contribution in [-0.2, 0) is 0 Å². The normalized spacial score (nSPS) is 15.0. The molecule has 0 radical (unpaired) electrons. The molecule has 0 aliphatic carbocycles. The Bertz CT molecular complexity index is 796. The van der Waals surface area contributed by atoms with Crippen molar-refractivity contribution >= 4 is 23.0 Å². The lowest BCUT2D eigenvalue weighted by Crippen LogP contribution is -2.33. The highest BCUT2D eigenvalue weighted by Gasteiger charge is 2.18. The summed E-state index contributed by atoms with van der Waals surface area (Å²) in [5.74, 6) is 1.28. The van der Waals surface area contributed by atoms with Gasteiger partial charge in [0.2, 0.25) is 0 Å². The Hall–Kier alpha value is -2.69. The molecule has 144 valence electrons.